The van der Waals surface area contributed by atoms with E-state index in [2.05, 4.69) is 24.0 Å². The van der Waals surface area contributed by atoms with Crippen LogP contribution in [-0.2, 0) is 22.4 Å². The van der Waals surface area contributed by atoms with Crippen molar-refractivity contribution in [2.45, 2.75) is 51.5 Å². The van der Waals surface area contributed by atoms with Crippen LogP contribution in [0.15, 0.2) is 12.1 Å². The molecule has 0 radical (unpaired) electrons. The summed E-state index contributed by atoms with van der Waals surface area (Å²) in [5.41, 5.74) is 2.48. The van der Waals surface area contributed by atoms with Gasteiger partial charge in [0, 0.05) is 50.0 Å². The topological polar surface area (TPSA) is 40.2 Å². The van der Waals surface area contributed by atoms with Gasteiger partial charge < -0.3 is 18.9 Å². The summed E-state index contributed by atoms with van der Waals surface area (Å²) in [5.74, 6) is 1.72. The van der Waals surface area contributed by atoms with Crippen LogP contribution in [0.4, 0.5) is 0 Å². The molecule has 24 heavy (non-hydrogen) atoms. The molecule has 0 bridgehead atoms. The van der Waals surface area contributed by atoms with E-state index in [4.69, 9.17) is 18.9 Å². The average Bonchev–Trinajstić information content (AvgIpc) is 3.16. The highest BCUT2D eigenvalue weighted by Gasteiger charge is 2.39. The monoisotopic (exact) mass is 333 g/mol. The van der Waals surface area contributed by atoms with Crippen molar-refractivity contribution < 1.29 is 18.9 Å². The molecule has 1 atom stereocenters. The molecule has 2 saturated heterocycles. The second-order valence-electron chi connectivity index (χ2n) is 7.02. The quantitative estimate of drug-likeness (QED) is 0.847. The second-order valence-corrected chi connectivity index (χ2v) is 7.02. The minimum Gasteiger partial charge on any atom is -0.494 e. The van der Waals surface area contributed by atoms with Gasteiger partial charge >= 0.3 is 0 Å². The van der Waals surface area contributed by atoms with Crippen LogP contribution in [0, 0.1) is 0 Å². The Bertz CT molecular complexity index is 587. The number of hydrogen-bond acceptors (Lipinski definition) is 5. The zero-order chi connectivity index (χ0) is 16.6. The minimum atomic E-state index is -0.310. The molecule has 4 rings (SSSR count). The Morgan fingerprint density at radius 2 is 1.96 bits per heavy atom. The van der Waals surface area contributed by atoms with E-state index in [0.29, 0.717) is 6.61 Å². The van der Waals surface area contributed by atoms with Gasteiger partial charge in [-0.1, -0.05) is 0 Å². The number of hydrogen-bond donors (Lipinski definition) is 0. The molecule has 0 aliphatic carbocycles. The fraction of sp³-hybridized carbons (Fsp3) is 0.684. The first kappa shape index (κ1) is 16.2. The van der Waals surface area contributed by atoms with Gasteiger partial charge in [0.25, 0.3) is 0 Å². The third-order valence-electron chi connectivity index (χ3n) is 5.20. The van der Waals surface area contributed by atoms with Crippen LogP contribution >= 0.6 is 0 Å². The first-order valence-corrected chi connectivity index (χ1v) is 9.13. The van der Waals surface area contributed by atoms with Crippen molar-refractivity contribution in [1.29, 1.82) is 0 Å². The van der Waals surface area contributed by atoms with Crippen LogP contribution in [-0.4, -0.2) is 49.7 Å². The van der Waals surface area contributed by atoms with E-state index in [1.165, 1.54) is 11.1 Å². The van der Waals surface area contributed by atoms with Crippen LogP contribution < -0.4 is 9.47 Å². The Morgan fingerprint density at radius 3 is 2.67 bits per heavy atom. The summed E-state index contributed by atoms with van der Waals surface area (Å²) in [5, 5.41) is 0. The van der Waals surface area contributed by atoms with Gasteiger partial charge in [-0.3, -0.25) is 4.90 Å². The lowest BCUT2D eigenvalue weighted by Crippen LogP contribution is -2.44. The number of likely N-dealkylation sites (tertiary alicyclic amines) is 1. The van der Waals surface area contributed by atoms with Gasteiger partial charge in [0.1, 0.15) is 17.6 Å². The van der Waals surface area contributed by atoms with Gasteiger partial charge in [-0.05, 0) is 26.0 Å². The lowest BCUT2D eigenvalue weighted by Gasteiger charge is -2.37. The molecular weight excluding hydrogens is 306 g/mol. The van der Waals surface area contributed by atoms with Gasteiger partial charge in [-0.15, -0.1) is 0 Å². The zero-order valence-corrected chi connectivity index (χ0v) is 14.7. The normalized spacial score (nSPS) is 25.7. The van der Waals surface area contributed by atoms with Crippen molar-refractivity contribution in [2.24, 2.45) is 0 Å². The van der Waals surface area contributed by atoms with Crippen molar-refractivity contribution in [3.63, 3.8) is 0 Å². The Morgan fingerprint density at radius 1 is 1.21 bits per heavy atom. The molecule has 0 amide bonds. The van der Waals surface area contributed by atoms with Gasteiger partial charge in [-0.2, -0.15) is 0 Å². The molecule has 5 nitrogen and oxygen atoms in total. The van der Waals surface area contributed by atoms with Crippen molar-refractivity contribution in [1.82, 2.24) is 4.90 Å². The molecule has 0 saturated carbocycles. The Kier molecular flexibility index (Phi) is 4.41. The summed E-state index contributed by atoms with van der Waals surface area (Å²) in [6.07, 6.45) is 3.11. The maximum Gasteiger partial charge on any atom is 0.170 e. The van der Waals surface area contributed by atoms with Gasteiger partial charge in [0.05, 0.1) is 19.8 Å². The molecule has 3 heterocycles. The molecule has 0 N–H and O–H groups in total. The maximum atomic E-state index is 5.93. The molecule has 5 heteroatoms. The predicted molar refractivity (Wildman–Crippen MR) is 90.6 cm³/mol. The van der Waals surface area contributed by atoms with Gasteiger partial charge in [-0.25, -0.2) is 0 Å². The molecule has 132 valence electrons. The fourth-order valence-electron chi connectivity index (χ4n) is 3.97. The molecule has 3 aliphatic heterocycles. The first-order valence-electron chi connectivity index (χ1n) is 9.13. The highest BCUT2D eigenvalue weighted by atomic mass is 16.7. The van der Waals surface area contributed by atoms with Crippen LogP contribution in [0.2, 0.25) is 0 Å². The van der Waals surface area contributed by atoms with E-state index in [1.54, 1.807) is 0 Å². The standard InChI is InChI=1S/C19H27NO4/c1-3-21-17-11-15-10-14(2)24-18(15)12-16(17)13-20-6-4-19(5-7-20)22-8-9-23-19/h11-12,14H,3-10,13H2,1-2H3/t14-/m1/s1. The first-order chi connectivity index (χ1) is 11.7. The highest BCUT2D eigenvalue weighted by molar-refractivity contribution is 5.48. The molecule has 1 spiro atoms. The number of piperidine rings is 1. The number of rotatable bonds is 4. The summed E-state index contributed by atoms with van der Waals surface area (Å²) in [6.45, 7) is 9.16. The third kappa shape index (κ3) is 3.13. The van der Waals surface area contributed by atoms with Crippen molar-refractivity contribution in [3.05, 3.63) is 23.3 Å². The Balaban J connectivity index is 1.47. The molecule has 0 aromatic heterocycles. The van der Waals surface area contributed by atoms with Gasteiger partial charge in [0.15, 0.2) is 5.79 Å². The Hall–Kier alpha value is -1.30. The van der Waals surface area contributed by atoms with E-state index in [0.717, 1.165) is 63.6 Å². The van der Waals surface area contributed by atoms with Crippen LogP contribution in [0.1, 0.15) is 37.8 Å². The number of ether oxygens (including phenoxy) is 4. The second kappa shape index (κ2) is 6.54. The van der Waals surface area contributed by atoms with Gasteiger partial charge in [0.2, 0.25) is 0 Å². The maximum absolute atomic E-state index is 5.93. The minimum absolute atomic E-state index is 0.260. The van der Waals surface area contributed by atoms with Crippen molar-refractivity contribution in [2.75, 3.05) is 32.9 Å². The smallest absolute Gasteiger partial charge is 0.170 e. The summed E-state index contributed by atoms with van der Waals surface area (Å²) >= 11 is 0. The summed E-state index contributed by atoms with van der Waals surface area (Å²) < 4.78 is 23.5. The van der Waals surface area contributed by atoms with E-state index >= 15 is 0 Å². The van der Waals surface area contributed by atoms with Crippen LogP contribution in [0.25, 0.3) is 0 Å². The van der Waals surface area contributed by atoms with Crippen molar-refractivity contribution >= 4 is 0 Å². The SMILES string of the molecule is CCOc1cc2c(cc1CN1CCC3(CC1)OCCO3)O[C@H](C)C2. The molecule has 0 unspecified atom stereocenters. The lowest BCUT2D eigenvalue weighted by molar-refractivity contribution is -0.185. The number of fused-ring (bicyclic) bond motifs is 1. The average molecular weight is 333 g/mol. The number of benzene rings is 1. The third-order valence-corrected chi connectivity index (χ3v) is 5.20. The van der Waals surface area contributed by atoms with E-state index in [1.807, 2.05) is 6.92 Å². The van der Waals surface area contributed by atoms with Crippen LogP contribution in [0.3, 0.4) is 0 Å². The highest BCUT2D eigenvalue weighted by Crippen LogP contribution is 2.37. The van der Waals surface area contributed by atoms with Crippen LogP contribution in [0.5, 0.6) is 11.5 Å². The molecule has 2 fully saturated rings. The summed E-state index contributed by atoms with van der Waals surface area (Å²) in [7, 11) is 0. The predicted octanol–water partition coefficient (Wildman–Crippen LogP) is 2.75. The number of nitrogens with zero attached hydrogens (tertiary/aromatic N) is 1. The molecule has 3 aliphatic rings. The molecular formula is C19H27NO4. The van der Waals surface area contributed by atoms with E-state index in [9.17, 15) is 0 Å². The Labute approximate surface area is 143 Å². The summed E-state index contributed by atoms with van der Waals surface area (Å²) in [4.78, 5) is 2.46. The zero-order valence-electron chi connectivity index (χ0n) is 14.7. The van der Waals surface area contributed by atoms with E-state index in [-0.39, 0.29) is 11.9 Å². The largest absolute Gasteiger partial charge is 0.494 e. The van der Waals surface area contributed by atoms with E-state index < -0.39 is 0 Å². The van der Waals surface area contributed by atoms with Crippen molar-refractivity contribution in [3.8, 4) is 11.5 Å². The lowest BCUT2D eigenvalue weighted by atomic mass is 10.0. The molecule has 1 aromatic rings. The summed E-state index contributed by atoms with van der Waals surface area (Å²) in [6, 6.07) is 4.35. The molecule has 1 aromatic carbocycles. The fourth-order valence-corrected chi connectivity index (χ4v) is 3.97.